The SMILES string of the molecule is O=C(CCCC(=O)OCC(=O)Nc1cccc(Cl)c1)Nc1cccc(C(F)(F)F)c1. The van der Waals surface area contributed by atoms with Gasteiger partial charge in [0.15, 0.2) is 6.61 Å². The third-order valence-electron chi connectivity index (χ3n) is 3.73. The normalized spacial score (nSPS) is 10.9. The number of carbonyl (C=O) groups excluding carboxylic acids is 3. The zero-order chi connectivity index (χ0) is 22.1. The van der Waals surface area contributed by atoms with Gasteiger partial charge < -0.3 is 15.4 Å². The van der Waals surface area contributed by atoms with Crippen LogP contribution in [0.3, 0.4) is 0 Å². The van der Waals surface area contributed by atoms with Crippen LogP contribution in [0.2, 0.25) is 5.02 Å². The number of carbonyl (C=O) groups is 3. The van der Waals surface area contributed by atoms with E-state index in [1.807, 2.05) is 0 Å². The van der Waals surface area contributed by atoms with Gasteiger partial charge in [-0.25, -0.2) is 0 Å². The molecule has 2 aromatic carbocycles. The zero-order valence-electron chi connectivity index (χ0n) is 15.6. The number of ether oxygens (including phenoxy) is 1. The number of nitrogens with one attached hydrogen (secondary N) is 2. The Hall–Kier alpha value is -3.07. The molecule has 0 fully saturated rings. The van der Waals surface area contributed by atoms with Crippen LogP contribution in [0.15, 0.2) is 48.5 Å². The first-order valence-corrected chi connectivity index (χ1v) is 9.19. The van der Waals surface area contributed by atoms with Gasteiger partial charge in [-0.2, -0.15) is 13.2 Å². The van der Waals surface area contributed by atoms with E-state index in [2.05, 4.69) is 10.6 Å². The van der Waals surface area contributed by atoms with Crippen molar-refractivity contribution in [2.45, 2.75) is 25.4 Å². The van der Waals surface area contributed by atoms with Gasteiger partial charge in [-0.1, -0.05) is 23.7 Å². The van der Waals surface area contributed by atoms with Gasteiger partial charge in [-0.05, 0) is 42.8 Å². The second kappa shape index (κ2) is 10.6. The molecule has 0 atom stereocenters. The van der Waals surface area contributed by atoms with Crippen LogP contribution in [0.5, 0.6) is 0 Å². The van der Waals surface area contributed by atoms with Crippen LogP contribution in [0, 0.1) is 0 Å². The summed E-state index contributed by atoms with van der Waals surface area (Å²) in [5.74, 6) is -1.77. The quantitative estimate of drug-likeness (QED) is 0.583. The number of benzene rings is 2. The highest BCUT2D eigenvalue weighted by molar-refractivity contribution is 6.30. The second-order valence-electron chi connectivity index (χ2n) is 6.20. The van der Waals surface area contributed by atoms with Gasteiger partial charge in [0.25, 0.3) is 5.91 Å². The lowest BCUT2D eigenvalue weighted by atomic mass is 10.2. The minimum absolute atomic E-state index is 0.00934. The fourth-order valence-corrected chi connectivity index (χ4v) is 2.56. The molecule has 0 bridgehead atoms. The van der Waals surface area contributed by atoms with Crippen molar-refractivity contribution in [2.75, 3.05) is 17.2 Å². The molecule has 10 heteroatoms. The molecule has 160 valence electrons. The molecule has 0 heterocycles. The van der Waals surface area contributed by atoms with E-state index in [0.717, 1.165) is 12.1 Å². The summed E-state index contributed by atoms with van der Waals surface area (Å²) in [5.41, 5.74) is -0.412. The zero-order valence-corrected chi connectivity index (χ0v) is 16.3. The molecule has 0 aliphatic heterocycles. The average Bonchev–Trinajstić information content (AvgIpc) is 2.66. The Balaban J connectivity index is 1.68. The van der Waals surface area contributed by atoms with E-state index in [0.29, 0.717) is 10.7 Å². The fraction of sp³-hybridized carbons (Fsp3) is 0.250. The number of hydrogen-bond donors (Lipinski definition) is 2. The van der Waals surface area contributed by atoms with E-state index in [-0.39, 0.29) is 24.9 Å². The summed E-state index contributed by atoms with van der Waals surface area (Å²) >= 11 is 5.80. The highest BCUT2D eigenvalue weighted by atomic mass is 35.5. The molecule has 6 nitrogen and oxygen atoms in total. The van der Waals surface area contributed by atoms with Crippen molar-refractivity contribution in [1.82, 2.24) is 0 Å². The maximum Gasteiger partial charge on any atom is 0.416 e. The Morgan fingerprint density at radius 1 is 0.900 bits per heavy atom. The lowest BCUT2D eigenvalue weighted by Gasteiger charge is -2.10. The Kier molecular flexibility index (Phi) is 8.23. The third kappa shape index (κ3) is 8.12. The maximum atomic E-state index is 12.7. The van der Waals surface area contributed by atoms with E-state index in [1.54, 1.807) is 18.2 Å². The largest absolute Gasteiger partial charge is 0.456 e. The summed E-state index contributed by atoms with van der Waals surface area (Å²) in [5, 5.41) is 5.29. The molecule has 0 saturated carbocycles. The van der Waals surface area contributed by atoms with Gasteiger partial charge in [0.05, 0.1) is 5.56 Å². The number of rotatable bonds is 8. The lowest BCUT2D eigenvalue weighted by Crippen LogP contribution is -2.21. The number of halogens is 4. The first kappa shape index (κ1) is 23.2. The van der Waals surface area contributed by atoms with E-state index >= 15 is 0 Å². The van der Waals surface area contributed by atoms with Crippen molar-refractivity contribution in [3.05, 3.63) is 59.1 Å². The molecular formula is C20H18ClF3N2O4. The highest BCUT2D eigenvalue weighted by Crippen LogP contribution is 2.30. The predicted octanol–water partition coefficient (Wildman–Crippen LogP) is 4.65. The molecular weight excluding hydrogens is 425 g/mol. The van der Waals surface area contributed by atoms with Crippen LogP contribution >= 0.6 is 11.6 Å². The van der Waals surface area contributed by atoms with Crippen molar-refractivity contribution < 1.29 is 32.3 Å². The molecule has 0 aliphatic carbocycles. The molecule has 30 heavy (non-hydrogen) atoms. The van der Waals surface area contributed by atoms with Gasteiger partial charge in [0, 0.05) is 29.2 Å². The van der Waals surface area contributed by atoms with Crippen LogP contribution in [0.1, 0.15) is 24.8 Å². The standard InChI is InChI=1S/C20H18ClF3N2O4/c21-14-5-2-7-16(11-14)26-18(28)12-30-19(29)9-3-8-17(27)25-15-6-1-4-13(10-15)20(22,23)24/h1-2,4-7,10-11H,3,8-9,12H2,(H,25,27)(H,26,28). The second-order valence-corrected chi connectivity index (χ2v) is 6.64. The van der Waals surface area contributed by atoms with Gasteiger partial charge in [0.1, 0.15) is 0 Å². The van der Waals surface area contributed by atoms with Crippen molar-refractivity contribution >= 4 is 40.8 Å². The Morgan fingerprint density at radius 3 is 2.20 bits per heavy atom. The molecule has 2 amide bonds. The van der Waals surface area contributed by atoms with Gasteiger partial charge in [0.2, 0.25) is 5.91 Å². The molecule has 0 aliphatic rings. The molecule has 0 unspecified atom stereocenters. The minimum atomic E-state index is -4.51. The van der Waals surface area contributed by atoms with Crippen LogP contribution < -0.4 is 10.6 Å². The summed E-state index contributed by atoms with van der Waals surface area (Å²) in [6.07, 6.45) is -4.62. The molecule has 2 aromatic rings. The van der Waals surface area contributed by atoms with Crippen molar-refractivity contribution in [3.63, 3.8) is 0 Å². The smallest absolute Gasteiger partial charge is 0.416 e. The molecule has 2 N–H and O–H groups in total. The topological polar surface area (TPSA) is 84.5 Å². The third-order valence-corrected chi connectivity index (χ3v) is 3.97. The van der Waals surface area contributed by atoms with E-state index < -0.39 is 36.1 Å². The van der Waals surface area contributed by atoms with Crippen molar-refractivity contribution in [2.24, 2.45) is 0 Å². The number of amides is 2. The van der Waals surface area contributed by atoms with Gasteiger partial charge in [-0.15, -0.1) is 0 Å². The summed E-state index contributed by atoms with van der Waals surface area (Å²) in [6, 6.07) is 10.7. The Labute approximate surface area is 175 Å². The van der Waals surface area contributed by atoms with Crippen molar-refractivity contribution in [1.29, 1.82) is 0 Å². The lowest BCUT2D eigenvalue weighted by molar-refractivity contribution is -0.147. The first-order chi connectivity index (χ1) is 14.1. The van der Waals surface area contributed by atoms with E-state index in [4.69, 9.17) is 16.3 Å². The number of alkyl halides is 3. The van der Waals surface area contributed by atoms with Crippen LogP contribution in [0.25, 0.3) is 0 Å². The molecule has 0 spiro atoms. The minimum Gasteiger partial charge on any atom is -0.456 e. The van der Waals surface area contributed by atoms with Crippen molar-refractivity contribution in [3.8, 4) is 0 Å². The Bertz CT molecular complexity index is 919. The fourth-order valence-electron chi connectivity index (χ4n) is 2.37. The summed E-state index contributed by atoms with van der Waals surface area (Å²) in [7, 11) is 0. The molecule has 0 aromatic heterocycles. The molecule has 0 saturated heterocycles. The number of hydrogen-bond acceptors (Lipinski definition) is 4. The van der Waals surface area contributed by atoms with Crippen LogP contribution in [0.4, 0.5) is 24.5 Å². The van der Waals surface area contributed by atoms with Crippen LogP contribution in [-0.4, -0.2) is 24.4 Å². The van der Waals surface area contributed by atoms with Crippen LogP contribution in [-0.2, 0) is 25.3 Å². The predicted molar refractivity (Wildman–Crippen MR) is 105 cm³/mol. The summed E-state index contributed by atoms with van der Waals surface area (Å²) in [4.78, 5) is 35.2. The average molecular weight is 443 g/mol. The summed E-state index contributed by atoms with van der Waals surface area (Å²) < 4.78 is 42.8. The van der Waals surface area contributed by atoms with E-state index in [9.17, 15) is 27.6 Å². The monoisotopic (exact) mass is 442 g/mol. The maximum absolute atomic E-state index is 12.7. The number of anilines is 2. The summed E-state index contributed by atoms with van der Waals surface area (Å²) in [6.45, 7) is -0.498. The molecule has 2 rings (SSSR count). The highest BCUT2D eigenvalue weighted by Gasteiger charge is 2.30. The molecule has 0 radical (unpaired) electrons. The Morgan fingerprint density at radius 2 is 1.53 bits per heavy atom. The van der Waals surface area contributed by atoms with Gasteiger partial charge >= 0.3 is 12.1 Å². The first-order valence-electron chi connectivity index (χ1n) is 8.81. The van der Waals surface area contributed by atoms with E-state index in [1.165, 1.54) is 18.2 Å². The number of esters is 1. The van der Waals surface area contributed by atoms with Gasteiger partial charge in [-0.3, -0.25) is 14.4 Å².